The molecule has 2 N–H and O–H groups in total. The number of hydrogen-bond donors (Lipinski definition) is 1. The number of ether oxygens (including phenoxy) is 1. The molecule has 1 aliphatic heterocycles. The summed E-state index contributed by atoms with van der Waals surface area (Å²) in [5.41, 5.74) is 4.56. The Bertz CT molecular complexity index is 532. The van der Waals surface area contributed by atoms with Gasteiger partial charge in [-0.3, -0.25) is 0 Å². The number of hydrogen-bond acceptors (Lipinski definition) is 1. The van der Waals surface area contributed by atoms with E-state index < -0.39 is 0 Å². The second-order valence-corrected chi connectivity index (χ2v) is 8.25. The molecule has 3 aliphatic rings. The molecule has 1 heterocycles. The van der Waals surface area contributed by atoms with Crippen LogP contribution in [0.1, 0.15) is 52.9 Å². The largest absolute Gasteiger partial charge is 0.474 e. The number of allylic oxidation sites excluding steroid dienone is 2. The Kier molecular flexibility index (Phi) is 4.85. The van der Waals surface area contributed by atoms with Gasteiger partial charge in [0.15, 0.2) is 0 Å². The summed E-state index contributed by atoms with van der Waals surface area (Å²) in [5.74, 6) is 2.06. The van der Waals surface area contributed by atoms with E-state index in [2.05, 4.69) is 51.9 Å². The fourth-order valence-electron chi connectivity index (χ4n) is 4.98. The van der Waals surface area contributed by atoms with E-state index in [1.54, 1.807) is 5.57 Å². The van der Waals surface area contributed by atoms with Gasteiger partial charge < -0.3 is 10.1 Å². The van der Waals surface area contributed by atoms with Crippen LogP contribution in [0.15, 0.2) is 35.5 Å². The first-order chi connectivity index (χ1) is 10.9. The summed E-state index contributed by atoms with van der Waals surface area (Å²) in [6.07, 6.45) is 11.3. The molecule has 0 amide bonds. The highest BCUT2D eigenvalue weighted by atomic mass is 16.5. The smallest absolute Gasteiger partial charge is 0.0818 e. The molecule has 5 atom stereocenters. The molecule has 0 saturated heterocycles. The van der Waals surface area contributed by atoms with E-state index >= 15 is 0 Å². The van der Waals surface area contributed by atoms with Crippen LogP contribution in [0.4, 0.5) is 0 Å². The molecule has 2 nitrogen and oxygen atoms in total. The maximum atomic E-state index is 6.08. The minimum absolute atomic E-state index is 0.222. The zero-order valence-electron chi connectivity index (χ0n) is 15.1. The van der Waals surface area contributed by atoms with E-state index in [1.165, 1.54) is 31.3 Å². The summed E-state index contributed by atoms with van der Waals surface area (Å²) < 4.78 is 6.08. The van der Waals surface area contributed by atoms with Crippen molar-refractivity contribution >= 4 is 0 Å². The highest BCUT2D eigenvalue weighted by Gasteiger charge is 2.48. The Labute approximate surface area is 142 Å². The van der Waals surface area contributed by atoms with Crippen LogP contribution < -0.4 is 5.32 Å². The Morgan fingerprint density at radius 3 is 2.83 bits per heavy atom. The van der Waals surface area contributed by atoms with Crippen LogP contribution in [0.2, 0.25) is 0 Å². The van der Waals surface area contributed by atoms with Gasteiger partial charge in [0.2, 0.25) is 0 Å². The topological polar surface area (TPSA) is 25.8 Å². The summed E-state index contributed by atoms with van der Waals surface area (Å²) in [6, 6.07) is 0. The summed E-state index contributed by atoms with van der Waals surface area (Å²) in [4.78, 5) is 0. The number of rotatable bonds is 3. The zero-order valence-corrected chi connectivity index (χ0v) is 15.1. The third-order valence-corrected chi connectivity index (χ3v) is 6.63. The highest BCUT2D eigenvalue weighted by Crippen LogP contribution is 2.49. The van der Waals surface area contributed by atoms with Gasteiger partial charge in [0.25, 0.3) is 0 Å². The first-order valence-electron chi connectivity index (χ1n) is 9.21. The third kappa shape index (κ3) is 3.21. The molecule has 0 radical (unpaired) electrons. The molecule has 5 unspecified atom stereocenters. The summed E-state index contributed by atoms with van der Waals surface area (Å²) in [6.45, 7) is 11.6. The molecule has 3 rings (SSSR count). The van der Waals surface area contributed by atoms with Gasteiger partial charge in [0.05, 0.1) is 18.2 Å². The van der Waals surface area contributed by atoms with E-state index in [-0.39, 0.29) is 6.10 Å². The van der Waals surface area contributed by atoms with E-state index in [1.807, 2.05) is 0 Å². The normalized spacial score (nSPS) is 40.9. The Morgan fingerprint density at radius 2 is 2.22 bits per heavy atom. The van der Waals surface area contributed by atoms with Crippen LogP contribution >= 0.6 is 0 Å². The Hall–Kier alpha value is -0.860. The van der Waals surface area contributed by atoms with Crippen LogP contribution in [-0.2, 0) is 4.74 Å². The van der Waals surface area contributed by atoms with Crippen LogP contribution in [0.5, 0.6) is 0 Å². The fraction of sp³-hybridized carbons (Fsp3) is 0.667. The van der Waals surface area contributed by atoms with Gasteiger partial charge in [-0.2, -0.15) is 7.05 Å². The zero-order chi connectivity index (χ0) is 16.6. The Morgan fingerprint density at radius 1 is 1.43 bits per heavy atom. The molecule has 0 aromatic carbocycles. The lowest BCUT2D eigenvalue weighted by molar-refractivity contribution is -0.686. The lowest BCUT2D eigenvalue weighted by Crippen LogP contribution is -2.93. The van der Waals surface area contributed by atoms with Gasteiger partial charge in [-0.1, -0.05) is 29.9 Å². The van der Waals surface area contributed by atoms with Crippen molar-refractivity contribution in [2.75, 3.05) is 6.61 Å². The van der Waals surface area contributed by atoms with Gasteiger partial charge >= 0.3 is 0 Å². The number of quaternary nitrogens is 1. The van der Waals surface area contributed by atoms with Crippen molar-refractivity contribution in [1.29, 1.82) is 0 Å². The van der Waals surface area contributed by atoms with Crippen LogP contribution in [0, 0.1) is 24.8 Å². The average Bonchev–Trinajstić information content (AvgIpc) is 2.55. The Balaban J connectivity index is 1.83. The summed E-state index contributed by atoms with van der Waals surface area (Å²) in [5, 5.41) is 2.23. The lowest BCUT2D eigenvalue weighted by atomic mass is 9.58. The monoisotopic (exact) mass is 315 g/mol. The molecular weight excluding hydrogens is 282 g/mol. The average molecular weight is 316 g/mol. The number of fused-ring (bicyclic) bond motifs is 1. The van der Waals surface area contributed by atoms with E-state index in [0.717, 1.165) is 24.5 Å². The highest BCUT2D eigenvalue weighted by molar-refractivity contribution is 5.23. The van der Waals surface area contributed by atoms with Gasteiger partial charge in [-0.25, -0.2) is 0 Å². The molecule has 1 saturated carbocycles. The predicted molar refractivity (Wildman–Crippen MR) is 95.6 cm³/mol. The second-order valence-electron chi connectivity index (χ2n) is 8.25. The van der Waals surface area contributed by atoms with Crippen LogP contribution in [-0.4, -0.2) is 18.2 Å². The van der Waals surface area contributed by atoms with Crippen molar-refractivity contribution in [1.82, 2.24) is 0 Å². The van der Waals surface area contributed by atoms with Crippen LogP contribution in [0.25, 0.3) is 0 Å². The third-order valence-electron chi connectivity index (χ3n) is 6.63. The van der Waals surface area contributed by atoms with Gasteiger partial charge in [0, 0.05) is 12.3 Å². The van der Waals surface area contributed by atoms with Crippen molar-refractivity contribution in [2.45, 2.75) is 64.5 Å². The van der Waals surface area contributed by atoms with Crippen LogP contribution in [0.3, 0.4) is 0 Å². The molecule has 0 spiro atoms. The van der Waals surface area contributed by atoms with Crippen molar-refractivity contribution < 1.29 is 10.1 Å². The SMILES string of the molecule is C=C(C)C1CC=C(C2CCC(C)([NH2+][CH2-])C3CCC(C)=CC23)CO1. The maximum absolute atomic E-state index is 6.08. The van der Waals surface area contributed by atoms with Crippen molar-refractivity contribution in [3.8, 4) is 0 Å². The van der Waals surface area contributed by atoms with Gasteiger partial charge in [-0.05, 0) is 63.9 Å². The molecule has 23 heavy (non-hydrogen) atoms. The quantitative estimate of drug-likeness (QED) is 0.622. The standard InChI is InChI=1S/C21H33NO/c1-14(2)20-9-7-16(13-23-20)17-10-11-21(4,22-5)19-8-6-15(3)12-18(17)19/h7,12,17-20H,1,5-6,8-11,13,22H2,2-4H3. The lowest BCUT2D eigenvalue weighted by Gasteiger charge is -2.51. The minimum Gasteiger partial charge on any atom is -0.474 e. The second kappa shape index (κ2) is 6.57. The molecular formula is C21H33NO. The summed E-state index contributed by atoms with van der Waals surface area (Å²) in [7, 11) is 4.16. The maximum Gasteiger partial charge on any atom is 0.0818 e. The van der Waals surface area contributed by atoms with Crippen molar-refractivity contribution in [3.63, 3.8) is 0 Å². The van der Waals surface area contributed by atoms with E-state index in [0.29, 0.717) is 17.4 Å². The molecule has 1 fully saturated rings. The molecule has 2 heteroatoms. The van der Waals surface area contributed by atoms with E-state index in [9.17, 15) is 0 Å². The molecule has 128 valence electrons. The van der Waals surface area contributed by atoms with Crippen molar-refractivity contribution in [2.24, 2.45) is 17.8 Å². The molecule has 0 bridgehead atoms. The summed E-state index contributed by atoms with van der Waals surface area (Å²) >= 11 is 0. The van der Waals surface area contributed by atoms with Gasteiger partial charge in [0.1, 0.15) is 0 Å². The number of nitrogens with two attached hydrogens (primary N) is 1. The molecule has 0 aromatic heterocycles. The minimum atomic E-state index is 0.222. The van der Waals surface area contributed by atoms with Gasteiger partial charge in [-0.15, -0.1) is 0 Å². The first-order valence-corrected chi connectivity index (χ1v) is 9.21. The fourth-order valence-corrected chi connectivity index (χ4v) is 4.98. The molecule has 0 aromatic rings. The van der Waals surface area contributed by atoms with Crippen molar-refractivity contribution in [3.05, 3.63) is 42.5 Å². The van der Waals surface area contributed by atoms with E-state index in [4.69, 9.17) is 4.74 Å². The molecule has 2 aliphatic carbocycles. The predicted octanol–water partition coefficient (Wildman–Crippen LogP) is 3.77. The first kappa shape index (κ1) is 17.0.